The minimum atomic E-state index is -3.85. The number of primary sulfonamides is 1. The molecule has 0 aliphatic heterocycles. The summed E-state index contributed by atoms with van der Waals surface area (Å²) in [7, 11) is -3.85. The van der Waals surface area contributed by atoms with E-state index in [2.05, 4.69) is 10.1 Å². The number of ether oxygens (including phenoxy) is 1. The molecule has 8 heteroatoms. The molecule has 0 spiro atoms. The summed E-state index contributed by atoms with van der Waals surface area (Å²) >= 11 is 0. The molecule has 0 aliphatic carbocycles. The van der Waals surface area contributed by atoms with Crippen LogP contribution in [0.4, 0.5) is 0 Å². The van der Waals surface area contributed by atoms with Gasteiger partial charge in [0.1, 0.15) is 10.6 Å². The first-order valence-electron chi connectivity index (χ1n) is 5.98. The molecule has 0 saturated heterocycles. The molecule has 0 amide bonds. The van der Waals surface area contributed by atoms with Crippen molar-refractivity contribution in [1.82, 2.24) is 10.1 Å². The van der Waals surface area contributed by atoms with Gasteiger partial charge in [0.05, 0.1) is 0 Å². The molecule has 0 unspecified atom stereocenters. The first-order chi connectivity index (χ1) is 9.40. The summed E-state index contributed by atoms with van der Waals surface area (Å²) in [6.07, 6.45) is 0.625. The molecule has 0 bridgehead atoms. The van der Waals surface area contributed by atoms with Gasteiger partial charge >= 0.3 is 0 Å². The Hall–Kier alpha value is -1.93. The minimum absolute atomic E-state index is 0.00901. The lowest BCUT2D eigenvalue weighted by atomic mass is 10.2. The van der Waals surface area contributed by atoms with Crippen LogP contribution in [0.25, 0.3) is 0 Å². The van der Waals surface area contributed by atoms with E-state index >= 15 is 0 Å². The van der Waals surface area contributed by atoms with Gasteiger partial charge in [-0.25, -0.2) is 13.6 Å². The quantitative estimate of drug-likeness (QED) is 0.887. The summed E-state index contributed by atoms with van der Waals surface area (Å²) in [5.41, 5.74) is 0.772. The lowest BCUT2D eigenvalue weighted by Gasteiger charge is -2.09. The second-order valence-electron chi connectivity index (χ2n) is 4.24. The number of aryl methyl sites for hydroxylation is 2. The van der Waals surface area contributed by atoms with E-state index in [1.165, 1.54) is 6.07 Å². The monoisotopic (exact) mass is 297 g/mol. The van der Waals surface area contributed by atoms with E-state index in [-0.39, 0.29) is 17.3 Å². The maximum absolute atomic E-state index is 11.5. The topological polar surface area (TPSA) is 108 Å². The summed E-state index contributed by atoms with van der Waals surface area (Å²) in [6, 6.07) is 4.74. The van der Waals surface area contributed by atoms with Gasteiger partial charge in [0, 0.05) is 6.42 Å². The van der Waals surface area contributed by atoms with Crippen LogP contribution < -0.4 is 9.88 Å². The van der Waals surface area contributed by atoms with E-state index in [1.807, 2.05) is 6.92 Å². The Kier molecular flexibility index (Phi) is 4.05. The molecular weight excluding hydrogens is 282 g/mol. The standard InChI is InChI=1S/C12H15N3O4S/c1-3-12-14-11(15-19-12)7-18-9-5-4-8(2)6-10(9)20(13,16)17/h4-6H,3,7H2,1-2H3,(H2,13,16,17). The fourth-order valence-electron chi connectivity index (χ4n) is 1.59. The first kappa shape index (κ1) is 14.5. The molecule has 0 radical (unpaired) electrons. The highest BCUT2D eigenvalue weighted by molar-refractivity contribution is 7.89. The number of rotatable bonds is 5. The predicted octanol–water partition coefficient (Wildman–Crippen LogP) is 1.17. The lowest BCUT2D eigenvalue weighted by molar-refractivity contribution is 0.278. The van der Waals surface area contributed by atoms with Crippen molar-refractivity contribution in [1.29, 1.82) is 0 Å². The zero-order chi connectivity index (χ0) is 14.8. The van der Waals surface area contributed by atoms with Gasteiger partial charge in [-0.1, -0.05) is 18.1 Å². The molecule has 7 nitrogen and oxygen atoms in total. The first-order valence-corrected chi connectivity index (χ1v) is 7.52. The van der Waals surface area contributed by atoms with E-state index in [4.69, 9.17) is 14.4 Å². The lowest BCUT2D eigenvalue weighted by Crippen LogP contribution is -2.14. The molecule has 1 aromatic carbocycles. The van der Waals surface area contributed by atoms with Gasteiger partial charge in [-0.2, -0.15) is 4.98 Å². The Labute approximate surface area is 116 Å². The maximum Gasteiger partial charge on any atom is 0.241 e. The van der Waals surface area contributed by atoms with Crippen molar-refractivity contribution in [3.05, 3.63) is 35.5 Å². The third-order valence-corrected chi connectivity index (χ3v) is 3.51. The number of sulfonamides is 1. The SMILES string of the molecule is CCc1nc(COc2ccc(C)cc2S(N)(=O)=O)no1. The van der Waals surface area contributed by atoms with Crippen LogP contribution in [0.1, 0.15) is 24.2 Å². The van der Waals surface area contributed by atoms with Crippen LogP contribution >= 0.6 is 0 Å². The van der Waals surface area contributed by atoms with Crippen LogP contribution in [0.2, 0.25) is 0 Å². The second-order valence-corrected chi connectivity index (χ2v) is 5.77. The molecule has 1 aromatic heterocycles. The van der Waals surface area contributed by atoms with Gasteiger partial charge in [-0.05, 0) is 24.6 Å². The zero-order valence-corrected chi connectivity index (χ0v) is 12.0. The third-order valence-electron chi connectivity index (χ3n) is 2.58. The van der Waals surface area contributed by atoms with E-state index in [0.29, 0.717) is 18.1 Å². The summed E-state index contributed by atoms with van der Waals surface area (Å²) in [5, 5.41) is 8.88. The van der Waals surface area contributed by atoms with Crippen molar-refractivity contribution in [3.63, 3.8) is 0 Å². The smallest absolute Gasteiger partial charge is 0.241 e. The number of benzene rings is 1. The Morgan fingerprint density at radius 2 is 2.15 bits per heavy atom. The normalized spacial score (nSPS) is 11.6. The van der Waals surface area contributed by atoms with Gasteiger partial charge in [0.15, 0.2) is 6.61 Å². The molecule has 2 N–H and O–H groups in total. The van der Waals surface area contributed by atoms with Crippen LogP contribution in [0.5, 0.6) is 5.75 Å². The Morgan fingerprint density at radius 3 is 2.75 bits per heavy atom. The molecule has 1 heterocycles. The highest BCUT2D eigenvalue weighted by Gasteiger charge is 2.16. The highest BCUT2D eigenvalue weighted by Crippen LogP contribution is 2.24. The molecule has 2 rings (SSSR count). The van der Waals surface area contributed by atoms with Crippen LogP contribution in [-0.4, -0.2) is 18.6 Å². The van der Waals surface area contributed by atoms with E-state index in [1.54, 1.807) is 19.1 Å². The molecule has 0 atom stereocenters. The van der Waals surface area contributed by atoms with Gasteiger partial charge in [-0.3, -0.25) is 0 Å². The number of aromatic nitrogens is 2. The molecule has 108 valence electrons. The Balaban J connectivity index is 2.21. The van der Waals surface area contributed by atoms with E-state index < -0.39 is 10.0 Å². The fraction of sp³-hybridized carbons (Fsp3) is 0.333. The molecule has 0 saturated carbocycles. The Bertz CT molecular complexity index is 709. The van der Waals surface area contributed by atoms with Crippen molar-refractivity contribution in [2.45, 2.75) is 31.8 Å². The van der Waals surface area contributed by atoms with Gasteiger partial charge < -0.3 is 9.26 Å². The van der Waals surface area contributed by atoms with Gasteiger partial charge in [-0.15, -0.1) is 0 Å². The van der Waals surface area contributed by atoms with Crippen molar-refractivity contribution < 1.29 is 17.7 Å². The summed E-state index contributed by atoms with van der Waals surface area (Å²) in [5.74, 6) is 1.02. The third kappa shape index (κ3) is 3.34. The number of nitrogens with two attached hydrogens (primary N) is 1. The molecule has 0 fully saturated rings. The molecule has 2 aromatic rings. The van der Waals surface area contributed by atoms with Crippen molar-refractivity contribution in [2.75, 3.05) is 0 Å². The maximum atomic E-state index is 11.5. The molecular formula is C12H15N3O4S. The average Bonchev–Trinajstić information content (AvgIpc) is 2.84. The largest absolute Gasteiger partial charge is 0.484 e. The van der Waals surface area contributed by atoms with Crippen molar-refractivity contribution >= 4 is 10.0 Å². The van der Waals surface area contributed by atoms with Crippen molar-refractivity contribution in [2.24, 2.45) is 5.14 Å². The second kappa shape index (κ2) is 5.59. The van der Waals surface area contributed by atoms with Crippen LogP contribution in [0.15, 0.2) is 27.6 Å². The zero-order valence-electron chi connectivity index (χ0n) is 11.2. The summed E-state index contributed by atoms with van der Waals surface area (Å²) in [4.78, 5) is 4.01. The highest BCUT2D eigenvalue weighted by atomic mass is 32.2. The number of hydrogen-bond donors (Lipinski definition) is 1. The average molecular weight is 297 g/mol. The Morgan fingerprint density at radius 1 is 1.40 bits per heavy atom. The fourth-order valence-corrected chi connectivity index (χ4v) is 2.35. The predicted molar refractivity (Wildman–Crippen MR) is 70.6 cm³/mol. The molecule has 20 heavy (non-hydrogen) atoms. The molecule has 0 aliphatic rings. The number of hydrogen-bond acceptors (Lipinski definition) is 6. The van der Waals surface area contributed by atoms with Crippen molar-refractivity contribution in [3.8, 4) is 5.75 Å². The van der Waals surface area contributed by atoms with E-state index in [9.17, 15) is 8.42 Å². The van der Waals surface area contributed by atoms with Gasteiger partial charge in [0.2, 0.25) is 21.7 Å². The summed E-state index contributed by atoms with van der Waals surface area (Å²) in [6.45, 7) is 3.66. The van der Waals surface area contributed by atoms with E-state index in [0.717, 1.165) is 5.56 Å². The summed E-state index contributed by atoms with van der Waals surface area (Å²) < 4.78 is 33.4. The van der Waals surface area contributed by atoms with Crippen LogP contribution in [0, 0.1) is 6.92 Å². The van der Waals surface area contributed by atoms with Crippen LogP contribution in [-0.2, 0) is 23.1 Å². The number of nitrogens with zero attached hydrogens (tertiary/aromatic N) is 2. The van der Waals surface area contributed by atoms with Gasteiger partial charge in [0.25, 0.3) is 0 Å². The minimum Gasteiger partial charge on any atom is -0.484 e. The van der Waals surface area contributed by atoms with Crippen LogP contribution in [0.3, 0.4) is 0 Å².